The Labute approximate surface area is 82.1 Å². The third kappa shape index (κ3) is 6.99. The fourth-order valence-electron chi connectivity index (χ4n) is 1.30. The van der Waals surface area contributed by atoms with Crippen molar-refractivity contribution in [3.05, 3.63) is 0 Å². The lowest BCUT2D eigenvalue weighted by Gasteiger charge is -2.27. The van der Waals surface area contributed by atoms with Gasteiger partial charge in [-0.1, -0.05) is 13.8 Å². The second-order valence-electron chi connectivity index (χ2n) is 3.23. The van der Waals surface area contributed by atoms with Crippen molar-refractivity contribution < 1.29 is 5.11 Å². The lowest BCUT2D eigenvalue weighted by molar-refractivity contribution is 0.150. The van der Waals surface area contributed by atoms with Gasteiger partial charge in [-0.15, -0.1) is 0 Å². The van der Waals surface area contributed by atoms with Gasteiger partial charge in [-0.05, 0) is 13.3 Å². The predicted octanol–water partition coefficient (Wildman–Crippen LogP) is 0.689. The zero-order chi connectivity index (χ0) is 10.1. The van der Waals surface area contributed by atoms with Crippen molar-refractivity contribution in [3.63, 3.8) is 0 Å². The summed E-state index contributed by atoms with van der Waals surface area (Å²) >= 11 is 0. The van der Waals surface area contributed by atoms with Crippen LogP contribution in [0.25, 0.3) is 0 Å². The van der Waals surface area contributed by atoms with Gasteiger partial charge in [0, 0.05) is 32.7 Å². The highest BCUT2D eigenvalue weighted by Crippen LogP contribution is 1.96. The van der Waals surface area contributed by atoms with E-state index in [1.54, 1.807) is 0 Å². The average Bonchev–Trinajstić information content (AvgIpc) is 2.19. The Hall–Kier alpha value is -0.120. The first-order chi connectivity index (χ1) is 6.29. The van der Waals surface area contributed by atoms with Crippen LogP contribution in [0.1, 0.15) is 27.2 Å². The Morgan fingerprint density at radius 2 is 1.85 bits per heavy atom. The number of hydrogen-bond donors (Lipinski definition) is 2. The average molecular weight is 188 g/mol. The summed E-state index contributed by atoms with van der Waals surface area (Å²) in [5.41, 5.74) is 0. The molecule has 0 bridgehead atoms. The molecule has 1 saturated heterocycles. The number of aliphatic hydroxyl groups is 1. The topological polar surface area (TPSA) is 35.5 Å². The number of hydrogen-bond acceptors (Lipinski definition) is 3. The molecule has 1 heterocycles. The highest BCUT2D eigenvalue weighted by atomic mass is 16.3. The molecule has 0 radical (unpaired) electrons. The number of nitrogens with zero attached hydrogens (tertiary/aromatic N) is 1. The summed E-state index contributed by atoms with van der Waals surface area (Å²) in [7, 11) is 0. The molecule has 3 heteroatoms. The smallest absolute Gasteiger partial charge is 0.0524 e. The van der Waals surface area contributed by atoms with E-state index in [0.29, 0.717) is 0 Å². The Morgan fingerprint density at radius 3 is 2.31 bits per heavy atom. The lowest BCUT2D eigenvalue weighted by atomic mass is 10.2. The second kappa shape index (κ2) is 8.48. The molecular weight excluding hydrogens is 164 g/mol. The zero-order valence-corrected chi connectivity index (χ0v) is 9.21. The van der Waals surface area contributed by atoms with Crippen LogP contribution < -0.4 is 5.32 Å². The molecule has 1 unspecified atom stereocenters. The van der Waals surface area contributed by atoms with Crippen LogP contribution in [0.15, 0.2) is 0 Å². The maximum absolute atomic E-state index is 9.04. The number of aliphatic hydroxyl groups excluding tert-OH is 1. The van der Waals surface area contributed by atoms with Gasteiger partial charge >= 0.3 is 0 Å². The summed E-state index contributed by atoms with van der Waals surface area (Å²) in [6.45, 7) is 11.3. The highest BCUT2D eigenvalue weighted by Gasteiger charge is 2.09. The molecule has 13 heavy (non-hydrogen) atoms. The minimum Gasteiger partial charge on any atom is -0.393 e. The largest absolute Gasteiger partial charge is 0.393 e. The first kappa shape index (κ1) is 12.9. The molecule has 0 aliphatic carbocycles. The van der Waals surface area contributed by atoms with Gasteiger partial charge in [0.1, 0.15) is 0 Å². The molecule has 0 spiro atoms. The van der Waals surface area contributed by atoms with E-state index in [9.17, 15) is 0 Å². The standard InChI is InChI=1S/C8H18N2O.C2H6/c1-8(11)2-5-10-6-3-9-4-7-10;1-2/h8-9,11H,2-7H2,1H3;1-2H3. The van der Waals surface area contributed by atoms with E-state index < -0.39 is 0 Å². The van der Waals surface area contributed by atoms with Gasteiger partial charge in [0.15, 0.2) is 0 Å². The van der Waals surface area contributed by atoms with Crippen LogP contribution in [0, 0.1) is 0 Å². The fourth-order valence-corrected chi connectivity index (χ4v) is 1.30. The van der Waals surface area contributed by atoms with Crippen molar-refractivity contribution >= 4 is 0 Å². The maximum atomic E-state index is 9.04. The lowest BCUT2D eigenvalue weighted by Crippen LogP contribution is -2.44. The molecule has 1 aliphatic heterocycles. The van der Waals surface area contributed by atoms with Crippen LogP contribution in [-0.4, -0.2) is 48.8 Å². The molecule has 1 rings (SSSR count). The molecule has 0 amide bonds. The molecule has 0 aromatic rings. The summed E-state index contributed by atoms with van der Waals surface area (Å²) in [6.07, 6.45) is 0.755. The molecule has 1 fully saturated rings. The van der Waals surface area contributed by atoms with E-state index >= 15 is 0 Å². The third-order valence-corrected chi connectivity index (χ3v) is 2.07. The molecular formula is C10H24N2O. The Balaban J connectivity index is 0.000000671. The number of rotatable bonds is 3. The van der Waals surface area contributed by atoms with Gasteiger partial charge in [0.05, 0.1) is 6.10 Å². The molecule has 80 valence electrons. The van der Waals surface area contributed by atoms with Gasteiger partial charge in [-0.2, -0.15) is 0 Å². The first-order valence-corrected chi connectivity index (χ1v) is 5.40. The van der Waals surface area contributed by atoms with E-state index in [0.717, 1.165) is 39.1 Å². The molecule has 0 aromatic carbocycles. The number of piperazine rings is 1. The fraction of sp³-hybridized carbons (Fsp3) is 1.00. The quantitative estimate of drug-likeness (QED) is 0.684. The van der Waals surface area contributed by atoms with Gasteiger partial charge in [-0.25, -0.2) is 0 Å². The highest BCUT2D eigenvalue weighted by molar-refractivity contribution is 4.67. The van der Waals surface area contributed by atoms with Crippen LogP contribution in [0.4, 0.5) is 0 Å². The zero-order valence-electron chi connectivity index (χ0n) is 9.21. The Morgan fingerprint density at radius 1 is 1.31 bits per heavy atom. The van der Waals surface area contributed by atoms with Crippen molar-refractivity contribution in [1.82, 2.24) is 10.2 Å². The van der Waals surface area contributed by atoms with Crippen molar-refractivity contribution in [3.8, 4) is 0 Å². The summed E-state index contributed by atoms with van der Waals surface area (Å²) in [4.78, 5) is 2.39. The van der Waals surface area contributed by atoms with Crippen molar-refractivity contribution in [2.24, 2.45) is 0 Å². The van der Waals surface area contributed by atoms with Crippen molar-refractivity contribution in [2.45, 2.75) is 33.3 Å². The molecule has 1 atom stereocenters. The molecule has 2 N–H and O–H groups in total. The van der Waals surface area contributed by atoms with Crippen molar-refractivity contribution in [2.75, 3.05) is 32.7 Å². The van der Waals surface area contributed by atoms with Gasteiger partial charge in [0.25, 0.3) is 0 Å². The number of nitrogens with one attached hydrogen (secondary N) is 1. The minimum absolute atomic E-state index is 0.148. The van der Waals surface area contributed by atoms with Crippen molar-refractivity contribution in [1.29, 1.82) is 0 Å². The van der Waals surface area contributed by atoms with Gasteiger partial charge in [-0.3, -0.25) is 0 Å². The first-order valence-electron chi connectivity index (χ1n) is 5.40. The van der Waals surface area contributed by atoms with E-state index in [1.807, 2.05) is 20.8 Å². The summed E-state index contributed by atoms with van der Waals surface area (Å²) in [5, 5.41) is 12.3. The SMILES string of the molecule is CC.CC(O)CCN1CCNCC1. The second-order valence-corrected chi connectivity index (χ2v) is 3.23. The van der Waals surface area contributed by atoms with Gasteiger partial charge in [0.2, 0.25) is 0 Å². The van der Waals surface area contributed by atoms with E-state index in [4.69, 9.17) is 5.11 Å². The monoisotopic (exact) mass is 188 g/mol. The van der Waals surface area contributed by atoms with E-state index in [2.05, 4.69) is 10.2 Å². The normalized spacial score (nSPS) is 20.3. The van der Waals surface area contributed by atoms with Crippen LogP contribution in [0.5, 0.6) is 0 Å². The molecule has 1 aliphatic rings. The van der Waals surface area contributed by atoms with Crippen LogP contribution in [0.2, 0.25) is 0 Å². The summed E-state index contributed by atoms with van der Waals surface area (Å²) in [6, 6.07) is 0. The summed E-state index contributed by atoms with van der Waals surface area (Å²) < 4.78 is 0. The van der Waals surface area contributed by atoms with Gasteiger partial charge < -0.3 is 15.3 Å². The third-order valence-electron chi connectivity index (χ3n) is 2.07. The summed E-state index contributed by atoms with van der Waals surface area (Å²) in [5.74, 6) is 0. The van der Waals surface area contributed by atoms with Crippen LogP contribution in [0.3, 0.4) is 0 Å². The Kier molecular flexibility index (Phi) is 8.40. The molecule has 3 nitrogen and oxygen atoms in total. The molecule has 0 aromatic heterocycles. The minimum atomic E-state index is -0.148. The Bertz CT molecular complexity index is 101. The maximum Gasteiger partial charge on any atom is 0.0524 e. The molecule has 0 saturated carbocycles. The van der Waals surface area contributed by atoms with E-state index in [1.165, 1.54) is 0 Å². The van der Waals surface area contributed by atoms with Crippen LogP contribution in [-0.2, 0) is 0 Å². The van der Waals surface area contributed by atoms with Crippen LogP contribution >= 0.6 is 0 Å². The van der Waals surface area contributed by atoms with E-state index in [-0.39, 0.29) is 6.10 Å². The predicted molar refractivity (Wildman–Crippen MR) is 57.0 cm³/mol.